The summed E-state index contributed by atoms with van der Waals surface area (Å²) >= 11 is 0. The van der Waals surface area contributed by atoms with Gasteiger partial charge in [-0.25, -0.2) is 20.4 Å². The monoisotopic (exact) mass is 360 g/mol. The molecule has 2 aromatic rings. The number of piperidine rings is 1. The van der Waals surface area contributed by atoms with Crippen molar-refractivity contribution < 1.29 is 0 Å². The predicted octanol–water partition coefficient (Wildman–Crippen LogP) is 2.94. The normalized spacial score (nSPS) is 23.1. The summed E-state index contributed by atoms with van der Waals surface area (Å²) in [5.41, 5.74) is 8.10. The first kappa shape index (κ1) is 16.6. The molecule has 1 saturated heterocycles. The first-order chi connectivity index (χ1) is 13.3. The maximum absolute atomic E-state index is 4.54. The Balaban J connectivity index is 1.33. The van der Waals surface area contributed by atoms with Crippen LogP contribution in [0.25, 0.3) is 10.9 Å². The zero-order valence-electron chi connectivity index (χ0n) is 15.6. The second-order valence-electron chi connectivity index (χ2n) is 7.54. The molecule has 27 heavy (non-hydrogen) atoms. The molecule has 0 amide bonds. The minimum Gasteiger partial charge on any atom is -0.298 e. The highest BCUT2D eigenvalue weighted by Crippen LogP contribution is 2.29. The summed E-state index contributed by atoms with van der Waals surface area (Å²) in [5.74, 6) is 1.31. The van der Waals surface area contributed by atoms with Crippen LogP contribution >= 0.6 is 0 Å². The molecule has 3 aliphatic rings. The largest absolute Gasteiger partial charge is 0.298 e. The standard InChI is InChI=1S/C21H24N6/c1-15-10-20(27-21(25-15)23-14-24-27)18-5-3-9-26(13-18)12-16-6-7-17-4-2-8-22-19(17)11-16/h2,4,6-8,10-11,18,24H,3,5,9,12-14H2,1H3. The third-order valence-corrected chi connectivity index (χ3v) is 5.54. The number of aliphatic imine (C=N–C) groups is 2. The van der Waals surface area contributed by atoms with Crippen LogP contribution in [0.3, 0.4) is 0 Å². The van der Waals surface area contributed by atoms with E-state index in [0.29, 0.717) is 12.6 Å². The number of aromatic nitrogens is 1. The Morgan fingerprint density at radius 2 is 2.22 bits per heavy atom. The van der Waals surface area contributed by atoms with Crippen LogP contribution in [-0.2, 0) is 6.54 Å². The first-order valence-corrected chi connectivity index (χ1v) is 9.67. The number of hydrazine groups is 1. The van der Waals surface area contributed by atoms with Crippen LogP contribution in [-0.4, -0.2) is 46.3 Å². The number of benzene rings is 1. The van der Waals surface area contributed by atoms with E-state index in [2.05, 4.69) is 67.6 Å². The number of allylic oxidation sites excluding steroid dienone is 1. The van der Waals surface area contributed by atoms with Gasteiger partial charge in [0, 0.05) is 42.0 Å². The number of likely N-dealkylation sites (tertiary alicyclic amines) is 1. The van der Waals surface area contributed by atoms with E-state index in [9.17, 15) is 0 Å². The van der Waals surface area contributed by atoms with E-state index in [1.165, 1.54) is 29.5 Å². The van der Waals surface area contributed by atoms with Gasteiger partial charge in [0.25, 0.3) is 0 Å². The molecule has 6 nitrogen and oxygen atoms in total. The van der Waals surface area contributed by atoms with Crippen molar-refractivity contribution in [2.75, 3.05) is 19.8 Å². The SMILES string of the molecule is CC1=NC2=NCNN2C(C2CCCN(Cc3ccc4cccnc4c3)C2)=C1. The molecule has 5 rings (SSSR count). The van der Waals surface area contributed by atoms with Gasteiger partial charge in [-0.2, -0.15) is 0 Å². The summed E-state index contributed by atoms with van der Waals surface area (Å²) in [6.07, 6.45) is 6.50. The lowest BCUT2D eigenvalue weighted by Gasteiger charge is -2.37. The zero-order chi connectivity index (χ0) is 18.2. The zero-order valence-corrected chi connectivity index (χ0v) is 15.6. The fourth-order valence-electron chi connectivity index (χ4n) is 4.29. The van der Waals surface area contributed by atoms with Gasteiger partial charge in [-0.1, -0.05) is 18.2 Å². The topological polar surface area (TPSA) is 56.1 Å². The molecular formula is C21H24N6. The van der Waals surface area contributed by atoms with Crippen molar-refractivity contribution in [2.45, 2.75) is 26.3 Å². The molecule has 3 aliphatic heterocycles. The Morgan fingerprint density at radius 3 is 3.19 bits per heavy atom. The number of guanidine groups is 1. The molecule has 6 heteroatoms. The summed E-state index contributed by atoms with van der Waals surface area (Å²) < 4.78 is 0. The minimum atomic E-state index is 0.499. The summed E-state index contributed by atoms with van der Waals surface area (Å²) in [7, 11) is 0. The number of hydrogen-bond acceptors (Lipinski definition) is 6. The smallest absolute Gasteiger partial charge is 0.241 e. The summed E-state index contributed by atoms with van der Waals surface area (Å²) in [5, 5.41) is 3.29. The fourth-order valence-corrected chi connectivity index (χ4v) is 4.29. The average Bonchev–Trinajstić information content (AvgIpc) is 3.16. The average molecular weight is 360 g/mol. The van der Waals surface area contributed by atoms with Crippen LogP contribution in [0.4, 0.5) is 0 Å². The maximum Gasteiger partial charge on any atom is 0.241 e. The van der Waals surface area contributed by atoms with Crippen molar-refractivity contribution in [1.82, 2.24) is 20.3 Å². The van der Waals surface area contributed by atoms with Gasteiger partial charge in [-0.05, 0) is 50.1 Å². The van der Waals surface area contributed by atoms with Crippen LogP contribution in [0.2, 0.25) is 0 Å². The van der Waals surface area contributed by atoms with Crippen LogP contribution in [0.5, 0.6) is 0 Å². The Hall–Kier alpha value is -2.57. The predicted molar refractivity (Wildman–Crippen MR) is 108 cm³/mol. The minimum absolute atomic E-state index is 0.499. The van der Waals surface area contributed by atoms with E-state index in [-0.39, 0.29) is 0 Å². The van der Waals surface area contributed by atoms with Crippen LogP contribution in [0.15, 0.2) is 58.3 Å². The van der Waals surface area contributed by atoms with Crippen LogP contribution in [0, 0.1) is 5.92 Å². The molecule has 1 fully saturated rings. The van der Waals surface area contributed by atoms with Crippen molar-refractivity contribution in [2.24, 2.45) is 15.9 Å². The Kier molecular flexibility index (Phi) is 4.22. The Bertz CT molecular complexity index is 960. The molecule has 0 spiro atoms. The molecule has 0 radical (unpaired) electrons. The van der Waals surface area contributed by atoms with Crippen LogP contribution in [0.1, 0.15) is 25.3 Å². The molecule has 138 valence electrons. The molecule has 1 unspecified atom stereocenters. The highest BCUT2D eigenvalue weighted by atomic mass is 15.6. The number of rotatable bonds is 3. The van der Waals surface area contributed by atoms with Crippen LogP contribution < -0.4 is 5.43 Å². The number of fused-ring (bicyclic) bond motifs is 2. The Morgan fingerprint density at radius 1 is 1.26 bits per heavy atom. The molecule has 0 aliphatic carbocycles. The van der Waals surface area contributed by atoms with Crippen molar-refractivity contribution in [1.29, 1.82) is 0 Å². The second-order valence-corrected chi connectivity index (χ2v) is 7.54. The van der Waals surface area contributed by atoms with E-state index in [0.717, 1.165) is 36.8 Å². The molecular weight excluding hydrogens is 336 g/mol. The van der Waals surface area contributed by atoms with Crippen molar-refractivity contribution in [3.05, 3.63) is 53.9 Å². The number of nitrogens with one attached hydrogen (secondary N) is 1. The molecule has 1 aromatic carbocycles. The van der Waals surface area contributed by atoms with Crippen molar-refractivity contribution >= 4 is 22.6 Å². The highest BCUT2D eigenvalue weighted by Gasteiger charge is 2.32. The van der Waals surface area contributed by atoms with Gasteiger partial charge in [0.15, 0.2) is 0 Å². The highest BCUT2D eigenvalue weighted by molar-refractivity contribution is 6.05. The quantitative estimate of drug-likeness (QED) is 0.914. The molecule has 1 N–H and O–H groups in total. The fraction of sp³-hybridized carbons (Fsp3) is 0.381. The second kappa shape index (κ2) is 6.87. The number of hydrogen-bond donors (Lipinski definition) is 1. The van der Waals surface area contributed by atoms with Gasteiger partial charge < -0.3 is 0 Å². The molecule has 0 bridgehead atoms. The van der Waals surface area contributed by atoms with Crippen molar-refractivity contribution in [3.63, 3.8) is 0 Å². The van der Waals surface area contributed by atoms with E-state index >= 15 is 0 Å². The lowest BCUT2D eigenvalue weighted by atomic mass is 9.92. The third kappa shape index (κ3) is 3.26. The maximum atomic E-state index is 4.54. The van der Waals surface area contributed by atoms with Crippen molar-refractivity contribution in [3.8, 4) is 0 Å². The molecule has 4 heterocycles. The van der Waals surface area contributed by atoms with Gasteiger partial charge in [-0.3, -0.25) is 9.88 Å². The van der Waals surface area contributed by atoms with Gasteiger partial charge in [0.05, 0.1) is 5.52 Å². The molecule has 1 aromatic heterocycles. The van der Waals surface area contributed by atoms with Gasteiger partial charge in [0.2, 0.25) is 5.96 Å². The van der Waals surface area contributed by atoms with Gasteiger partial charge in [-0.15, -0.1) is 0 Å². The Labute approximate surface area is 159 Å². The lowest BCUT2D eigenvalue weighted by Crippen LogP contribution is -2.45. The number of pyridine rings is 1. The van der Waals surface area contributed by atoms with E-state index in [4.69, 9.17) is 0 Å². The summed E-state index contributed by atoms with van der Waals surface area (Å²) in [4.78, 5) is 16.1. The first-order valence-electron chi connectivity index (χ1n) is 9.67. The molecule has 1 atom stereocenters. The van der Waals surface area contributed by atoms with E-state index < -0.39 is 0 Å². The summed E-state index contributed by atoms with van der Waals surface area (Å²) in [6, 6.07) is 10.7. The number of nitrogens with zero attached hydrogens (tertiary/aromatic N) is 5. The third-order valence-electron chi connectivity index (χ3n) is 5.54. The summed E-state index contributed by atoms with van der Waals surface area (Å²) in [6.45, 7) is 5.85. The van der Waals surface area contributed by atoms with Gasteiger partial charge in [0.1, 0.15) is 6.67 Å². The van der Waals surface area contributed by atoms with E-state index in [1.54, 1.807) is 0 Å². The van der Waals surface area contributed by atoms with E-state index in [1.807, 2.05) is 12.3 Å². The van der Waals surface area contributed by atoms with Gasteiger partial charge >= 0.3 is 0 Å². The lowest BCUT2D eigenvalue weighted by molar-refractivity contribution is 0.166. The molecule has 0 saturated carbocycles.